The molecule has 0 aromatic heterocycles. The van der Waals surface area contributed by atoms with E-state index in [-0.39, 0.29) is 18.4 Å². The fourth-order valence-electron chi connectivity index (χ4n) is 0.380. The van der Waals surface area contributed by atoms with Gasteiger partial charge in [0.25, 0.3) is 6.08 Å². The van der Waals surface area contributed by atoms with Gasteiger partial charge in [-0.25, -0.2) is 0 Å². The number of halogens is 3. The van der Waals surface area contributed by atoms with E-state index >= 15 is 0 Å². The van der Waals surface area contributed by atoms with Crippen molar-refractivity contribution in [3.05, 3.63) is 11.7 Å². The van der Waals surface area contributed by atoms with Gasteiger partial charge in [-0.05, 0) is 30.5 Å². The molecule has 0 aliphatic rings. The molecule has 10 heavy (non-hydrogen) atoms. The molecule has 4 heteroatoms. The lowest BCUT2D eigenvalue weighted by Crippen LogP contribution is -1.87. The summed E-state index contributed by atoms with van der Waals surface area (Å²) in [4.78, 5) is 10.1. The van der Waals surface area contributed by atoms with E-state index in [4.69, 9.17) is 11.6 Å². The fraction of sp³-hybridized carbons (Fsp3) is 0.500. The van der Waals surface area contributed by atoms with E-state index in [1.54, 1.807) is 0 Å². The zero-order valence-corrected chi connectivity index (χ0v) is 6.21. The lowest BCUT2D eigenvalue weighted by Gasteiger charge is -1.93. The summed E-state index contributed by atoms with van der Waals surface area (Å²) < 4.78 is 23.2. The third-order valence-electron chi connectivity index (χ3n) is 1.02. The Morgan fingerprint density at radius 2 is 1.90 bits per heavy atom. The van der Waals surface area contributed by atoms with Crippen LogP contribution in [-0.4, -0.2) is 5.24 Å². The second-order valence-corrected chi connectivity index (χ2v) is 2.32. The molecular weight excluding hydrogens is 162 g/mol. The molecule has 0 rings (SSSR count). The van der Waals surface area contributed by atoms with Crippen LogP contribution in [0.1, 0.15) is 19.8 Å². The average molecular weight is 169 g/mol. The molecule has 58 valence electrons. The minimum Gasteiger partial charge on any atom is -0.281 e. The lowest BCUT2D eigenvalue weighted by molar-refractivity contribution is -0.111. The van der Waals surface area contributed by atoms with E-state index < -0.39 is 11.3 Å². The van der Waals surface area contributed by atoms with Crippen LogP contribution in [0.4, 0.5) is 8.78 Å². The lowest BCUT2D eigenvalue weighted by atomic mass is 10.2. The van der Waals surface area contributed by atoms with Crippen molar-refractivity contribution in [2.45, 2.75) is 19.8 Å². The third-order valence-corrected chi connectivity index (χ3v) is 1.21. The van der Waals surface area contributed by atoms with Gasteiger partial charge in [-0.2, -0.15) is 8.78 Å². The molecule has 0 bridgehead atoms. The molecule has 0 aromatic rings. The van der Waals surface area contributed by atoms with Crippen LogP contribution in [0.5, 0.6) is 0 Å². The second-order valence-electron chi connectivity index (χ2n) is 1.90. The highest BCUT2D eigenvalue weighted by Gasteiger charge is 2.01. The quantitative estimate of drug-likeness (QED) is 0.593. The molecule has 0 atom stereocenters. The first-order valence-electron chi connectivity index (χ1n) is 2.73. The van der Waals surface area contributed by atoms with Crippen LogP contribution in [0, 0.1) is 0 Å². The topological polar surface area (TPSA) is 17.1 Å². The number of hydrogen-bond donors (Lipinski definition) is 0. The van der Waals surface area contributed by atoms with Gasteiger partial charge >= 0.3 is 0 Å². The largest absolute Gasteiger partial charge is 0.281 e. The third kappa shape index (κ3) is 4.44. The first-order valence-corrected chi connectivity index (χ1v) is 3.11. The molecule has 0 saturated carbocycles. The smallest absolute Gasteiger partial charge is 0.269 e. The van der Waals surface area contributed by atoms with E-state index in [9.17, 15) is 13.6 Å². The molecule has 0 aliphatic heterocycles. The molecule has 0 spiro atoms. The van der Waals surface area contributed by atoms with E-state index in [0.717, 1.165) is 0 Å². The predicted octanol–water partition coefficient (Wildman–Crippen LogP) is 2.70. The molecule has 0 heterocycles. The van der Waals surface area contributed by atoms with Gasteiger partial charge in [0, 0.05) is 6.42 Å². The summed E-state index contributed by atoms with van der Waals surface area (Å²) >= 11 is 4.92. The molecule has 0 radical (unpaired) electrons. The molecule has 0 unspecified atom stereocenters. The Kier molecular flexibility index (Phi) is 4.19. The van der Waals surface area contributed by atoms with Gasteiger partial charge in [-0.3, -0.25) is 4.79 Å². The molecule has 0 N–H and O–H groups in total. The van der Waals surface area contributed by atoms with Gasteiger partial charge in [-0.1, -0.05) is 0 Å². The van der Waals surface area contributed by atoms with Crippen molar-refractivity contribution < 1.29 is 13.6 Å². The van der Waals surface area contributed by atoms with Crippen LogP contribution in [-0.2, 0) is 4.79 Å². The summed E-state index contributed by atoms with van der Waals surface area (Å²) in [7, 11) is 0. The van der Waals surface area contributed by atoms with Gasteiger partial charge in [0.05, 0.1) is 0 Å². The van der Waals surface area contributed by atoms with Gasteiger partial charge < -0.3 is 0 Å². The van der Waals surface area contributed by atoms with Crippen molar-refractivity contribution in [3.8, 4) is 0 Å². The normalized spacial score (nSPS) is 9.20. The predicted molar refractivity (Wildman–Crippen MR) is 35.0 cm³/mol. The SMILES string of the molecule is CC(CCC(=O)Cl)=C(F)F. The Balaban J connectivity index is 3.71. The molecule has 0 saturated heterocycles. The summed E-state index contributed by atoms with van der Waals surface area (Å²) in [5, 5.41) is -0.583. The zero-order chi connectivity index (χ0) is 8.15. The molecule has 0 aliphatic carbocycles. The van der Waals surface area contributed by atoms with Crippen molar-refractivity contribution in [3.63, 3.8) is 0 Å². The van der Waals surface area contributed by atoms with Crippen LogP contribution >= 0.6 is 11.6 Å². The van der Waals surface area contributed by atoms with Crippen LogP contribution < -0.4 is 0 Å². The Morgan fingerprint density at radius 1 is 1.40 bits per heavy atom. The molecule has 1 nitrogen and oxygen atoms in total. The highest BCUT2D eigenvalue weighted by molar-refractivity contribution is 6.63. The maximum Gasteiger partial charge on any atom is 0.269 e. The average Bonchev–Trinajstić information content (AvgIpc) is 1.82. The van der Waals surface area contributed by atoms with Gasteiger partial charge in [-0.15, -0.1) is 0 Å². The molecule has 0 fully saturated rings. The van der Waals surface area contributed by atoms with Crippen molar-refractivity contribution in [2.24, 2.45) is 0 Å². The van der Waals surface area contributed by atoms with Crippen molar-refractivity contribution in [1.82, 2.24) is 0 Å². The van der Waals surface area contributed by atoms with Crippen LogP contribution in [0.2, 0.25) is 0 Å². The fourth-order valence-corrected chi connectivity index (χ4v) is 0.475. The second kappa shape index (κ2) is 4.39. The Hall–Kier alpha value is -0.440. The van der Waals surface area contributed by atoms with E-state index in [0.29, 0.717) is 0 Å². The summed E-state index contributed by atoms with van der Waals surface area (Å²) in [5.74, 6) is 0. The van der Waals surface area contributed by atoms with Gasteiger partial charge in [0.15, 0.2) is 0 Å². The molecular formula is C6H7ClF2O. The molecule has 0 amide bonds. The van der Waals surface area contributed by atoms with Crippen LogP contribution in [0.3, 0.4) is 0 Å². The first-order chi connectivity index (χ1) is 4.54. The standard InChI is InChI=1S/C6H7ClF2O/c1-4(6(8)9)2-3-5(7)10/h2-3H2,1H3. The van der Waals surface area contributed by atoms with Crippen LogP contribution in [0.15, 0.2) is 11.7 Å². The number of carbonyl (C=O) groups excluding carboxylic acids is 1. The first kappa shape index (κ1) is 9.56. The van der Waals surface area contributed by atoms with Crippen molar-refractivity contribution in [2.75, 3.05) is 0 Å². The summed E-state index contributed by atoms with van der Waals surface area (Å²) in [6.45, 7) is 1.27. The Labute approximate surface area is 62.7 Å². The van der Waals surface area contributed by atoms with Crippen molar-refractivity contribution >= 4 is 16.8 Å². The summed E-state index contributed by atoms with van der Waals surface area (Å²) in [6.07, 6.45) is -1.70. The number of carbonyl (C=O) groups is 1. The number of rotatable bonds is 3. The van der Waals surface area contributed by atoms with Gasteiger partial charge in [0.2, 0.25) is 5.24 Å². The summed E-state index contributed by atoms with van der Waals surface area (Å²) in [5.41, 5.74) is -0.0750. The Morgan fingerprint density at radius 3 is 2.20 bits per heavy atom. The minimum atomic E-state index is -1.72. The van der Waals surface area contributed by atoms with E-state index in [1.807, 2.05) is 0 Å². The zero-order valence-electron chi connectivity index (χ0n) is 5.46. The highest BCUT2D eigenvalue weighted by atomic mass is 35.5. The van der Waals surface area contributed by atoms with E-state index in [1.165, 1.54) is 6.92 Å². The highest BCUT2D eigenvalue weighted by Crippen LogP contribution is 2.13. The minimum absolute atomic E-state index is 0.0231. The monoisotopic (exact) mass is 168 g/mol. The van der Waals surface area contributed by atoms with Crippen molar-refractivity contribution in [1.29, 1.82) is 0 Å². The maximum absolute atomic E-state index is 11.6. The molecule has 0 aromatic carbocycles. The van der Waals surface area contributed by atoms with Crippen LogP contribution in [0.25, 0.3) is 0 Å². The van der Waals surface area contributed by atoms with E-state index in [2.05, 4.69) is 0 Å². The Bertz CT molecular complexity index is 161. The number of hydrogen-bond acceptors (Lipinski definition) is 1. The van der Waals surface area contributed by atoms with Gasteiger partial charge in [0.1, 0.15) is 0 Å². The number of allylic oxidation sites excluding steroid dienone is 1. The maximum atomic E-state index is 11.6. The summed E-state index contributed by atoms with van der Waals surface area (Å²) in [6, 6.07) is 0.